The van der Waals surface area contributed by atoms with Crippen molar-refractivity contribution in [3.63, 3.8) is 0 Å². The van der Waals surface area contributed by atoms with Crippen LogP contribution < -0.4 is 4.90 Å². The summed E-state index contributed by atoms with van der Waals surface area (Å²) in [4.78, 5) is 13.9. The van der Waals surface area contributed by atoms with Crippen molar-refractivity contribution in [2.24, 2.45) is 0 Å². The molecular formula is C17H12BrCl2NO. The van der Waals surface area contributed by atoms with Crippen LogP contribution in [-0.4, -0.2) is 11.8 Å². The Balaban J connectivity index is 2.63. The zero-order valence-corrected chi connectivity index (χ0v) is 14.8. The second kappa shape index (κ2) is 7.69. The number of amides is 1. The van der Waals surface area contributed by atoms with Gasteiger partial charge in [0, 0.05) is 20.7 Å². The first kappa shape index (κ1) is 16.9. The van der Waals surface area contributed by atoms with Gasteiger partial charge in [-0.15, -0.1) is 17.5 Å². The largest absolute Gasteiger partial charge is 0.279 e. The number of hydrogen-bond donors (Lipinski definition) is 0. The van der Waals surface area contributed by atoms with Crippen LogP contribution in [0.4, 0.5) is 11.4 Å². The van der Waals surface area contributed by atoms with Crippen molar-refractivity contribution in [1.29, 1.82) is 0 Å². The predicted octanol–water partition coefficient (Wildman–Crippen LogP) is 5.38. The van der Waals surface area contributed by atoms with Gasteiger partial charge >= 0.3 is 0 Å². The smallest absolute Gasteiger partial charge is 0.246 e. The molecule has 0 aliphatic heterocycles. The van der Waals surface area contributed by atoms with Crippen molar-refractivity contribution in [3.8, 4) is 11.8 Å². The summed E-state index contributed by atoms with van der Waals surface area (Å²) in [5, 5.41) is 0.602. The third-order valence-corrected chi connectivity index (χ3v) is 3.88. The molecule has 0 unspecified atom stereocenters. The van der Waals surface area contributed by atoms with Crippen molar-refractivity contribution in [1.82, 2.24) is 0 Å². The molecule has 0 spiro atoms. The van der Waals surface area contributed by atoms with Crippen molar-refractivity contribution in [3.05, 3.63) is 57.5 Å². The molecule has 2 aromatic carbocycles. The summed E-state index contributed by atoms with van der Waals surface area (Å²) in [5.41, 5.74) is 2.11. The molecule has 0 bridgehead atoms. The van der Waals surface area contributed by atoms with E-state index in [1.54, 1.807) is 36.1 Å². The summed E-state index contributed by atoms with van der Waals surface area (Å²) in [5.74, 6) is 5.50. The van der Waals surface area contributed by atoms with Crippen molar-refractivity contribution >= 4 is 56.4 Å². The maximum Gasteiger partial charge on any atom is 0.246 e. The van der Waals surface area contributed by atoms with Crippen LogP contribution in [0.2, 0.25) is 5.02 Å². The minimum Gasteiger partial charge on any atom is -0.279 e. The van der Waals surface area contributed by atoms with Crippen molar-refractivity contribution in [2.75, 3.05) is 10.8 Å². The average Bonchev–Trinajstić information content (AvgIpc) is 2.52. The van der Waals surface area contributed by atoms with Gasteiger partial charge in [-0.3, -0.25) is 9.69 Å². The van der Waals surface area contributed by atoms with E-state index in [9.17, 15) is 4.79 Å². The van der Waals surface area contributed by atoms with Gasteiger partial charge in [-0.05, 0) is 49.4 Å². The molecule has 2 nitrogen and oxygen atoms in total. The molecule has 0 radical (unpaired) electrons. The summed E-state index contributed by atoms with van der Waals surface area (Å²) < 4.78 is 0.852. The normalized spacial score (nSPS) is 9.82. The molecule has 5 heteroatoms. The number of rotatable bonds is 3. The third-order valence-electron chi connectivity index (χ3n) is 2.91. The zero-order valence-electron chi connectivity index (χ0n) is 11.7. The highest BCUT2D eigenvalue weighted by molar-refractivity contribution is 9.10. The Kier molecular flexibility index (Phi) is 5.90. The Morgan fingerprint density at radius 3 is 2.50 bits per heavy atom. The van der Waals surface area contributed by atoms with Crippen LogP contribution in [0.3, 0.4) is 0 Å². The minimum atomic E-state index is -0.235. The molecule has 112 valence electrons. The Morgan fingerprint density at radius 2 is 1.91 bits per heavy atom. The molecule has 2 rings (SSSR count). The van der Waals surface area contributed by atoms with Crippen molar-refractivity contribution in [2.45, 2.75) is 6.92 Å². The number of carbonyl (C=O) groups is 1. The zero-order chi connectivity index (χ0) is 16.1. The maximum atomic E-state index is 12.4. The fourth-order valence-electron chi connectivity index (χ4n) is 2.00. The number of hydrogen-bond acceptors (Lipinski definition) is 1. The van der Waals surface area contributed by atoms with E-state index in [4.69, 9.17) is 23.2 Å². The molecule has 0 heterocycles. The van der Waals surface area contributed by atoms with Crippen LogP contribution in [-0.2, 0) is 4.79 Å². The number of halogens is 3. The molecule has 2 aromatic rings. The Labute approximate surface area is 148 Å². The quantitative estimate of drug-likeness (QED) is 0.503. The number of nitrogens with zero attached hydrogens (tertiary/aromatic N) is 1. The number of alkyl halides is 1. The molecule has 0 aliphatic carbocycles. The molecular weight excluding hydrogens is 385 g/mol. The van der Waals surface area contributed by atoms with Crippen LogP contribution >= 0.6 is 39.1 Å². The van der Waals surface area contributed by atoms with Gasteiger partial charge in [0.25, 0.3) is 0 Å². The monoisotopic (exact) mass is 395 g/mol. The second-order valence-electron chi connectivity index (χ2n) is 4.38. The van der Waals surface area contributed by atoms with Gasteiger partial charge in [-0.2, -0.15) is 0 Å². The molecule has 0 fully saturated rings. The van der Waals surface area contributed by atoms with Crippen LogP contribution in [0, 0.1) is 11.8 Å². The molecule has 0 saturated heterocycles. The van der Waals surface area contributed by atoms with Gasteiger partial charge in [-0.25, -0.2) is 0 Å². The molecule has 0 saturated carbocycles. The lowest BCUT2D eigenvalue weighted by molar-refractivity contribution is -0.115. The highest BCUT2D eigenvalue weighted by Crippen LogP contribution is 2.32. The minimum absolute atomic E-state index is 0.131. The molecule has 22 heavy (non-hydrogen) atoms. The number of carbonyl (C=O) groups excluding carboxylic acids is 1. The Bertz CT molecular complexity index is 747. The standard InChI is InChI=1S/C17H12BrCl2NO/c1-2-3-12-4-5-13(18)10-16(12)21(17(22)11-19)15-8-6-14(20)7-9-15/h4-10H,11H2,1H3. The van der Waals surface area contributed by atoms with Crippen LogP contribution in [0.15, 0.2) is 46.9 Å². The van der Waals surface area contributed by atoms with Crippen LogP contribution in [0.25, 0.3) is 0 Å². The average molecular weight is 397 g/mol. The molecule has 0 N–H and O–H groups in total. The van der Waals surface area contributed by atoms with Gasteiger partial charge in [0.1, 0.15) is 5.88 Å². The highest BCUT2D eigenvalue weighted by Gasteiger charge is 2.20. The van der Waals surface area contributed by atoms with E-state index in [0.29, 0.717) is 16.4 Å². The van der Waals surface area contributed by atoms with Crippen LogP contribution in [0.5, 0.6) is 0 Å². The second-order valence-corrected chi connectivity index (χ2v) is 6.00. The number of anilines is 2. The summed E-state index contributed by atoms with van der Waals surface area (Å²) in [6.45, 7) is 1.75. The summed E-state index contributed by atoms with van der Waals surface area (Å²) >= 11 is 15.1. The first-order chi connectivity index (χ1) is 10.6. The molecule has 0 aliphatic rings. The Morgan fingerprint density at radius 1 is 1.23 bits per heavy atom. The van der Waals surface area contributed by atoms with E-state index in [1.165, 1.54) is 0 Å². The maximum absolute atomic E-state index is 12.4. The number of benzene rings is 2. The van der Waals surface area contributed by atoms with E-state index in [2.05, 4.69) is 27.8 Å². The van der Waals surface area contributed by atoms with Gasteiger partial charge < -0.3 is 0 Å². The van der Waals surface area contributed by atoms with Gasteiger partial charge in [-0.1, -0.05) is 33.5 Å². The molecule has 0 aromatic heterocycles. The fraction of sp³-hybridized carbons (Fsp3) is 0.118. The van der Waals surface area contributed by atoms with Gasteiger partial charge in [0.05, 0.1) is 5.69 Å². The first-order valence-corrected chi connectivity index (χ1v) is 8.14. The highest BCUT2D eigenvalue weighted by atomic mass is 79.9. The summed E-state index contributed by atoms with van der Waals surface area (Å²) in [6, 6.07) is 12.6. The van der Waals surface area contributed by atoms with Crippen molar-refractivity contribution < 1.29 is 4.79 Å². The Hall–Kier alpha value is -1.47. The van der Waals surface area contributed by atoms with Crippen LogP contribution in [0.1, 0.15) is 12.5 Å². The third kappa shape index (κ3) is 3.84. The lowest BCUT2D eigenvalue weighted by Crippen LogP contribution is -2.27. The van der Waals surface area contributed by atoms with Gasteiger partial charge in [0.2, 0.25) is 5.91 Å². The lowest BCUT2D eigenvalue weighted by Gasteiger charge is -2.24. The summed E-state index contributed by atoms with van der Waals surface area (Å²) in [7, 11) is 0. The first-order valence-electron chi connectivity index (χ1n) is 6.43. The molecule has 1 amide bonds. The van der Waals surface area contributed by atoms with E-state index in [-0.39, 0.29) is 11.8 Å². The topological polar surface area (TPSA) is 20.3 Å². The SMILES string of the molecule is CC#Cc1ccc(Br)cc1N(C(=O)CCl)c1ccc(Cl)cc1. The van der Waals surface area contributed by atoms with E-state index in [1.807, 2.05) is 18.2 Å². The van der Waals surface area contributed by atoms with E-state index >= 15 is 0 Å². The van der Waals surface area contributed by atoms with E-state index < -0.39 is 0 Å². The summed E-state index contributed by atoms with van der Waals surface area (Å²) in [6.07, 6.45) is 0. The van der Waals surface area contributed by atoms with Gasteiger partial charge in [0.15, 0.2) is 0 Å². The molecule has 0 atom stereocenters. The lowest BCUT2D eigenvalue weighted by atomic mass is 10.1. The predicted molar refractivity (Wildman–Crippen MR) is 96.0 cm³/mol. The fourth-order valence-corrected chi connectivity index (χ4v) is 2.59. The van der Waals surface area contributed by atoms with E-state index in [0.717, 1.165) is 10.0 Å².